The van der Waals surface area contributed by atoms with Crippen molar-refractivity contribution < 1.29 is 22.7 Å². The van der Waals surface area contributed by atoms with E-state index in [0.717, 1.165) is 5.56 Å². The van der Waals surface area contributed by atoms with E-state index in [1.54, 1.807) is 48.5 Å². The largest absolute Gasteiger partial charge is 0.493 e. The van der Waals surface area contributed by atoms with Crippen LogP contribution in [-0.4, -0.2) is 41.8 Å². The lowest BCUT2D eigenvalue weighted by Gasteiger charge is -2.19. The first-order chi connectivity index (χ1) is 16.2. The summed E-state index contributed by atoms with van der Waals surface area (Å²) in [6.45, 7) is 1.89. The van der Waals surface area contributed by atoms with E-state index in [-0.39, 0.29) is 4.90 Å². The van der Waals surface area contributed by atoms with Gasteiger partial charge in [-0.2, -0.15) is 5.10 Å². The number of sulfonamides is 1. The lowest BCUT2D eigenvalue weighted by Crippen LogP contribution is -2.26. The number of halogens is 1. The average Bonchev–Trinajstić information content (AvgIpc) is 2.83. The number of ether oxygens (including phenoxy) is 2. The number of hydrazone groups is 1. The van der Waals surface area contributed by atoms with Crippen molar-refractivity contribution >= 4 is 43.8 Å². The van der Waals surface area contributed by atoms with Crippen molar-refractivity contribution in [2.45, 2.75) is 11.8 Å². The molecule has 3 aromatic carbocycles. The Labute approximate surface area is 207 Å². The van der Waals surface area contributed by atoms with Crippen LogP contribution in [0.3, 0.4) is 0 Å². The molecule has 0 fully saturated rings. The summed E-state index contributed by atoms with van der Waals surface area (Å²) in [6.07, 6.45) is 1.47. The lowest BCUT2D eigenvalue weighted by atomic mass is 10.2. The van der Waals surface area contributed by atoms with Crippen molar-refractivity contribution in [3.05, 3.63) is 81.8 Å². The zero-order valence-corrected chi connectivity index (χ0v) is 21.5. The van der Waals surface area contributed by atoms with E-state index in [2.05, 4.69) is 26.5 Å². The van der Waals surface area contributed by atoms with E-state index in [1.807, 2.05) is 6.92 Å². The molecule has 3 rings (SSSR count). The zero-order valence-electron chi connectivity index (χ0n) is 19.1. The second kappa shape index (κ2) is 10.7. The summed E-state index contributed by atoms with van der Waals surface area (Å²) in [5, 5.41) is 3.99. The van der Waals surface area contributed by atoms with Crippen LogP contribution in [0.1, 0.15) is 21.5 Å². The Kier molecular flexibility index (Phi) is 7.95. The molecule has 34 heavy (non-hydrogen) atoms. The van der Waals surface area contributed by atoms with E-state index in [4.69, 9.17) is 9.47 Å². The first-order valence-corrected chi connectivity index (χ1v) is 12.3. The number of amides is 1. The molecule has 0 saturated heterocycles. The summed E-state index contributed by atoms with van der Waals surface area (Å²) in [4.78, 5) is 12.6. The van der Waals surface area contributed by atoms with Crippen LogP contribution in [0.4, 0.5) is 5.69 Å². The minimum atomic E-state index is -3.71. The molecule has 0 aliphatic rings. The molecule has 0 saturated carbocycles. The molecule has 3 aromatic rings. The fourth-order valence-electron chi connectivity index (χ4n) is 3.07. The van der Waals surface area contributed by atoms with Crippen molar-refractivity contribution in [2.24, 2.45) is 5.10 Å². The minimum Gasteiger partial charge on any atom is -0.493 e. The molecule has 0 heterocycles. The van der Waals surface area contributed by atoms with Gasteiger partial charge in [0.05, 0.1) is 35.5 Å². The monoisotopic (exact) mass is 545 g/mol. The van der Waals surface area contributed by atoms with Crippen molar-refractivity contribution in [3.63, 3.8) is 0 Å². The van der Waals surface area contributed by atoms with Crippen LogP contribution in [0.15, 0.2) is 75.1 Å². The Balaban J connectivity index is 1.69. The SMILES string of the molecule is COc1cc(/C=N\NC(=O)c2ccc(N(C)S(=O)(=O)c3ccc(C)cc3)cc2)cc(Br)c1OC. The number of aryl methyl sites for hydroxylation is 1. The number of carbonyl (C=O) groups excluding carboxylic acids is 1. The van der Waals surface area contributed by atoms with Crippen LogP contribution in [0, 0.1) is 6.92 Å². The molecule has 0 aromatic heterocycles. The van der Waals surface area contributed by atoms with Crippen LogP contribution in [0.2, 0.25) is 0 Å². The van der Waals surface area contributed by atoms with Gasteiger partial charge in [0.2, 0.25) is 0 Å². The Hall–Kier alpha value is -3.37. The number of carbonyl (C=O) groups is 1. The van der Waals surface area contributed by atoms with Crippen LogP contribution in [-0.2, 0) is 10.0 Å². The lowest BCUT2D eigenvalue weighted by molar-refractivity contribution is 0.0955. The average molecular weight is 546 g/mol. The molecular formula is C24H24BrN3O5S. The summed E-state index contributed by atoms with van der Waals surface area (Å²) in [6, 6.07) is 16.3. The maximum atomic E-state index is 12.9. The van der Waals surface area contributed by atoms with Gasteiger partial charge in [-0.1, -0.05) is 17.7 Å². The number of hydrogen-bond donors (Lipinski definition) is 1. The fraction of sp³-hybridized carbons (Fsp3) is 0.167. The molecule has 0 radical (unpaired) electrons. The molecular weight excluding hydrogens is 522 g/mol. The third kappa shape index (κ3) is 5.57. The van der Waals surface area contributed by atoms with Gasteiger partial charge < -0.3 is 9.47 Å². The van der Waals surface area contributed by atoms with E-state index < -0.39 is 15.9 Å². The predicted octanol–water partition coefficient (Wildman–Crippen LogP) is 4.36. The number of methoxy groups -OCH3 is 2. The van der Waals surface area contributed by atoms with Crippen molar-refractivity contribution in [3.8, 4) is 11.5 Å². The molecule has 0 bridgehead atoms. The molecule has 8 nitrogen and oxygen atoms in total. The smallest absolute Gasteiger partial charge is 0.271 e. The standard InChI is InChI=1S/C24H24BrN3O5S/c1-16-5-11-20(12-6-16)34(30,31)28(2)19-9-7-18(8-10-19)24(29)27-26-15-17-13-21(25)23(33-4)22(14-17)32-3/h5-15H,1-4H3,(H,27,29)/b26-15-. The highest BCUT2D eigenvalue weighted by Gasteiger charge is 2.21. The van der Waals surface area contributed by atoms with E-state index in [1.165, 1.54) is 43.9 Å². The first-order valence-electron chi connectivity index (χ1n) is 10.1. The van der Waals surface area contributed by atoms with Crippen LogP contribution >= 0.6 is 15.9 Å². The van der Waals surface area contributed by atoms with Gasteiger partial charge in [0, 0.05) is 12.6 Å². The van der Waals surface area contributed by atoms with Gasteiger partial charge in [-0.3, -0.25) is 9.10 Å². The molecule has 0 aliphatic carbocycles. The second-order valence-corrected chi connectivity index (χ2v) is 10.1. The highest BCUT2D eigenvalue weighted by Crippen LogP contribution is 2.35. The van der Waals surface area contributed by atoms with Gasteiger partial charge in [-0.05, 0) is 76.9 Å². The Bertz CT molecular complexity index is 1310. The Morgan fingerprint density at radius 2 is 1.68 bits per heavy atom. The number of nitrogens with zero attached hydrogens (tertiary/aromatic N) is 2. The number of rotatable bonds is 8. The highest BCUT2D eigenvalue weighted by molar-refractivity contribution is 9.10. The second-order valence-electron chi connectivity index (χ2n) is 7.27. The summed E-state index contributed by atoms with van der Waals surface area (Å²) in [5.74, 6) is 0.634. The van der Waals surface area contributed by atoms with Crippen LogP contribution < -0.4 is 19.2 Å². The maximum absolute atomic E-state index is 12.9. The van der Waals surface area contributed by atoms with Gasteiger partial charge in [-0.15, -0.1) is 0 Å². The molecule has 1 N–H and O–H groups in total. The van der Waals surface area contributed by atoms with Gasteiger partial charge in [0.1, 0.15) is 0 Å². The van der Waals surface area contributed by atoms with E-state index >= 15 is 0 Å². The zero-order chi connectivity index (χ0) is 24.9. The molecule has 0 atom stereocenters. The molecule has 178 valence electrons. The summed E-state index contributed by atoms with van der Waals surface area (Å²) in [5.41, 5.74) is 4.86. The topological polar surface area (TPSA) is 97.3 Å². The van der Waals surface area contributed by atoms with Crippen molar-refractivity contribution in [1.82, 2.24) is 5.43 Å². The maximum Gasteiger partial charge on any atom is 0.271 e. The number of anilines is 1. The highest BCUT2D eigenvalue weighted by atomic mass is 79.9. The van der Waals surface area contributed by atoms with Gasteiger partial charge in [0.25, 0.3) is 15.9 Å². The van der Waals surface area contributed by atoms with Crippen molar-refractivity contribution in [2.75, 3.05) is 25.6 Å². The molecule has 0 aliphatic heterocycles. The van der Waals surface area contributed by atoms with E-state index in [0.29, 0.717) is 32.8 Å². The van der Waals surface area contributed by atoms with Crippen LogP contribution in [0.5, 0.6) is 11.5 Å². The molecule has 10 heteroatoms. The quantitative estimate of drug-likeness (QED) is 0.335. The third-order valence-corrected chi connectivity index (χ3v) is 7.40. The van der Waals surface area contributed by atoms with Crippen molar-refractivity contribution in [1.29, 1.82) is 0 Å². The fourth-order valence-corrected chi connectivity index (χ4v) is 4.89. The molecule has 0 spiro atoms. The predicted molar refractivity (Wildman–Crippen MR) is 136 cm³/mol. The number of benzene rings is 3. The summed E-state index contributed by atoms with van der Waals surface area (Å²) >= 11 is 3.41. The Morgan fingerprint density at radius 1 is 1.03 bits per heavy atom. The van der Waals surface area contributed by atoms with Gasteiger partial charge in [0.15, 0.2) is 11.5 Å². The summed E-state index contributed by atoms with van der Waals surface area (Å²) < 4.78 is 38.1. The van der Waals surface area contributed by atoms with E-state index in [9.17, 15) is 13.2 Å². The number of hydrogen-bond acceptors (Lipinski definition) is 6. The third-order valence-electron chi connectivity index (χ3n) is 5.01. The minimum absolute atomic E-state index is 0.193. The Morgan fingerprint density at radius 3 is 2.26 bits per heavy atom. The van der Waals surface area contributed by atoms with Gasteiger partial charge in [-0.25, -0.2) is 13.8 Å². The first kappa shape index (κ1) is 25.3. The normalized spacial score (nSPS) is 11.3. The van der Waals surface area contributed by atoms with Gasteiger partial charge >= 0.3 is 0 Å². The summed E-state index contributed by atoms with van der Waals surface area (Å²) in [7, 11) is 0.820. The number of nitrogens with one attached hydrogen (secondary N) is 1. The van der Waals surface area contributed by atoms with Crippen LogP contribution in [0.25, 0.3) is 0 Å². The molecule has 1 amide bonds. The molecule has 0 unspecified atom stereocenters.